The van der Waals surface area contributed by atoms with Crippen molar-refractivity contribution in [2.75, 3.05) is 28.4 Å². The van der Waals surface area contributed by atoms with Crippen LogP contribution in [0.3, 0.4) is 0 Å². The molecular weight excluding hydrogens is 272 g/mol. The third kappa shape index (κ3) is 2.81. The average Bonchev–Trinajstić information content (AvgIpc) is 2.54. The molecule has 112 valence electrons. The van der Waals surface area contributed by atoms with Crippen molar-refractivity contribution in [2.24, 2.45) is 0 Å². The highest BCUT2D eigenvalue weighted by molar-refractivity contribution is 5.82. The monoisotopic (exact) mass is 290 g/mol. The number of hydrogen-bond acceptors (Lipinski definition) is 5. The quantitative estimate of drug-likeness (QED) is 0.917. The van der Waals surface area contributed by atoms with E-state index >= 15 is 0 Å². The van der Waals surface area contributed by atoms with Gasteiger partial charge in [0.1, 0.15) is 28.7 Å². The van der Waals surface area contributed by atoms with E-state index in [9.17, 15) is 5.11 Å². The van der Waals surface area contributed by atoms with E-state index in [1.807, 2.05) is 0 Å². The summed E-state index contributed by atoms with van der Waals surface area (Å²) < 4.78 is 21.2. The molecule has 2 aromatic rings. The van der Waals surface area contributed by atoms with Gasteiger partial charge in [-0.1, -0.05) is 0 Å². The van der Waals surface area contributed by atoms with Crippen molar-refractivity contribution in [3.05, 3.63) is 30.3 Å². The van der Waals surface area contributed by atoms with Crippen molar-refractivity contribution in [3.63, 3.8) is 0 Å². The Balaban J connectivity index is 2.72. The Morgan fingerprint density at radius 1 is 0.714 bits per heavy atom. The SMILES string of the molecule is COc1cc(OC)c(-c2cc(OC)ccc2O)c(OC)c1. The molecule has 5 heteroatoms. The molecule has 0 saturated heterocycles. The summed E-state index contributed by atoms with van der Waals surface area (Å²) in [6.45, 7) is 0. The van der Waals surface area contributed by atoms with Gasteiger partial charge in [0.15, 0.2) is 0 Å². The van der Waals surface area contributed by atoms with Crippen molar-refractivity contribution in [2.45, 2.75) is 0 Å². The number of rotatable bonds is 5. The second-order valence-electron chi connectivity index (χ2n) is 4.29. The lowest BCUT2D eigenvalue weighted by Gasteiger charge is -2.16. The van der Waals surface area contributed by atoms with E-state index < -0.39 is 0 Å². The zero-order chi connectivity index (χ0) is 15.4. The van der Waals surface area contributed by atoms with Crippen molar-refractivity contribution < 1.29 is 24.1 Å². The fraction of sp³-hybridized carbons (Fsp3) is 0.250. The molecule has 2 rings (SSSR count). The third-order valence-corrected chi connectivity index (χ3v) is 3.19. The summed E-state index contributed by atoms with van der Waals surface area (Å²) in [6, 6.07) is 8.44. The van der Waals surface area contributed by atoms with Gasteiger partial charge in [-0.15, -0.1) is 0 Å². The molecule has 0 aliphatic carbocycles. The maximum atomic E-state index is 10.2. The molecule has 0 heterocycles. The summed E-state index contributed by atoms with van der Waals surface area (Å²) in [6.07, 6.45) is 0. The Kier molecular flexibility index (Phi) is 4.42. The Morgan fingerprint density at radius 2 is 1.29 bits per heavy atom. The summed E-state index contributed by atoms with van der Waals surface area (Å²) in [7, 11) is 6.24. The predicted molar refractivity (Wildman–Crippen MR) is 79.8 cm³/mol. The van der Waals surface area contributed by atoms with Crippen LogP contribution in [0.15, 0.2) is 30.3 Å². The van der Waals surface area contributed by atoms with Gasteiger partial charge in [0.25, 0.3) is 0 Å². The second kappa shape index (κ2) is 6.26. The minimum absolute atomic E-state index is 0.109. The standard InChI is InChI=1S/C16H18O5/c1-18-10-5-6-13(17)12(7-10)16-14(20-3)8-11(19-2)9-15(16)21-4/h5-9,17H,1-4H3. The molecule has 0 amide bonds. The minimum atomic E-state index is 0.109. The van der Waals surface area contributed by atoms with Crippen LogP contribution in [-0.2, 0) is 0 Å². The van der Waals surface area contributed by atoms with Crippen LogP contribution in [0.1, 0.15) is 0 Å². The van der Waals surface area contributed by atoms with E-state index in [0.29, 0.717) is 34.1 Å². The van der Waals surface area contributed by atoms with Crippen molar-refractivity contribution >= 4 is 0 Å². The number of hydrogen-bond donors (Lipinski definition) is 1. The van der Waals surface area contributed by atoms with Crippen LogP contribution in [0.2, 0.25) is 0 Å². The number of aromatic hydroxyl groups is 1. The number of ether oxygens (including phenoxy) is 4. The van der Waals surface area contributed by atoms with E-state index in [1.165, 1.54) is 0 Å². The molecule has 0 aromatic heterocycles. The Hall–Kier alpha value is -2.56. The van der Waals surface area contributed by atoms with Crippen LogP contribution in [0.25, 0.3) is 11.1 Å². The lowest BCUT2D eigenvalue weighted by molar-refractivity contribution is 0.377. The minimum Gasteiger partial charge on any atom is -0.507 e. The molecule has 1 N–H and O–H groups in total. The van der Waals surface area contributed by atoms with Gasteiger partial charge in [-0.05, 0) is 18.2 Å². The molecule has 0 fully saturated rings. The van der Waals surface area contributed by atoms with Crippen LogP contribution >= 0.6 is 0 Å². The normalized spacial score (nSPS) is 10.1. The molecule has 2 aromatic carbocycles. The molecular formula is C16H18O5. The highest BCUT2D eigenvalue weighted by atomic mass is 16.5. The van der Waals surface area contributed by atoms with E-state index in [0.717, 1.165) is 0 Å². The Bertz CT molecular complexity index is 612. The van der Waals surface area contributed by atoms with Crippen LogP contribution in [-0.4, -0.2) is 33.5 Å². The smallest absolute Gasteiger partial charge is 0.134 e. The van der Waals surface area contributed by atoms with Crippen molar-refractivity contribution in [3.8, 4) is 39.9 Å². The molecule has 0 bridgehead atoms. The third-order valence-electron chi connectivity index (χ3n) is 3.19. The molecule has 0 aliphatic rings. The highest BCUT2D eigenvalue weighted by Crippen LogP contribution is 2.45. The fourth-order valence-corrected chi connectivity index (χ4v) is 2.11. The number of phenols is 1. The van der Waals surface area contributed by atoms with Crippen LogP contribution in [0.5, 0.6) is 28.7 Å². The maximum absolute atomic E-state index is 10.2. The number of methoxy groups -OCH3 is 4. The molecule has 0 saturated carbocycles. The van der Waals surface area contributed by atoms with Gasteiger partial charge in [0.2, 0.25) is 0 Å². The van der Waals surface area contributed by atoms with E-state index in [2.05, 4.69) is 0 Å². The van der Waals surface area contributed by atoms with Gasteiger partial charge in [0, 0.05) is 17.7 Å². The second-order valence-corrected chi connectivity index (χ2v) is 4.29. The lowest BCUT2D eigenvalue weighted by Crippen LogP contribution is -1.96. The van der Waals surface area contributed by atoms with Gasteiger partial charge in [0.05, 0.1) is 34.0 Å². The molecule has 0 atom stereocenters. The first-order valence-electron chi connectivity index (χ1n) is 6.32. The van der Waals surface area contributed by atoms with E-state index in [1.54, 1.807) is 58.8 Å². The summed E-state index contributed by atoms with van der Waals surface area (Å²) in [5.41, 5.74) is 1.20. The first kappa shape index (κ1) is 14.8. The largest absolute Gasteiger partial charge is 0.507 e. The van der Waals surface area contributed by atoms with Gasteiger partial charge in [-0.2, -0.15) is 0 Å². The van der Waals surface area contributed by atoms with Crippen molar-refractivity contribution in [1.29, 1.82) is 0 Å². The lowest BCUT2D eigenvalue weighted by atomic mass is 10.0. The molecule has 0 aliphatic heterocycles. The first-order chi connectivity index (χ1) is 10.1. The summed E-state index contributed by atoms with van der Waals surface area (Å²) >= 11 is 0. The Morgan fingerprint density at radius 3 is 1.76 bits per heavy atom. The van der Waals surface area contributed by atoms with Gasteiger partial charge in [-0.3, -0.25) is 0 Å². The topological polar surface area (TPSA) is 57.2 Å². The Labute approximate surface area is 123 Å². The average molecular weight is 290 g/mol. The first-order valence-corrected chi connectivity index (χ1v) is 6.32. The molecule has 21 heavy (non-hydrogen) atoms. The number of phenolic OH excluding ortho intramolecular Hbond substituents is 1. The summed E-state index contributed by atoms with van der Waals surface area (Å²) in [5, 5.41) is 10.2. The zero-order valence-corrected chi connectivity index (χ0v) is 12.5. The van der Waals surface area contributed by atoms with Crippen LogP contribution < -0.4 is 18.9 Å². The van der Waals surface area contributed by atoms with Gasteiger partial charge < -0.3 is 24.1 Å². The van der Waals surface area contributed by atoms with Crippen LogP contribution in [0.4, 0.5) is 0 Å². The number of benzene rings is 2. The summed E-state index contributed by atoms with van der Waals surface area (Å²) in [5.74, 6) is 2.42. The van der Waals surface area contributed by atoms with Gasteiger partial charge in [-0.25, -0.2) is 0 Å². The predicted octanol–water partition coefficient (Wildman–Crippen LogP) is 3.09. The maximum Gasteiger partial charge on any atom is 0.134 e. The fourth-order valence-electron chi connectivity index (χ4n) is 2.11. The molecule has 0 spiro atoms. The van der Waals surface area contributed by atoms with Gasteiger partial charge >= 0.3 is 0 Å². The summed E-state index contributed by atoms with van der Waals surface area (Å²) in [4.78, 5) is 0. The van der Waals surface area contributed by atoms with E-state index in [4.69, 9.17) is 18.9 Å². The molecule has 5 nitrogen and oxygen atoms in total. The van der Waals surface area contributed by atoms with Crippen LogP contribution in [0, 0.1) is 0 Å². The van der Waals surface area contributed by atoms with E-state index in [-0.39, 0.29) is 5.75 Å². The van der Waals surface area contributed by atoms with Crippen molar-refractivity contribution in [1.82, 2.24) is 0 Å². The molecule has 0 unspecified atom stereocenters. The zero-order valence-electron chi connectivity index (χ0n) is 12.5. The highest BCUT2D eigenvalue weighted by Gasteiger charge is 2.18. The molecule has 0 radical (unpaired) electrons.